The van der Waals surface area contributed by atoms with E-state index in [-0.39, 0.29) is 6.03 Å². The third kappa shape index (κ3) is 3.31. The predicted molar refractivity (Wildman–Crippen MR) is 98.7 cm³/mol. The van der Waals surface area contributed by atoms with E-state index in [1.54, 1.807) is 35.5 Å². The molecule has 2 amide bonds. The molecule has 0 atom stereocenters. The quantitative estimate of drug-likeness (QED) is 0.669. The molecule has 2 aromatic carbocycles. The molecule has 1 aromatic heterocycles. The van der Waals surface area contributed by atoms with Crippen LogP contribution >= 0.6 is 0 Å². The maximum absolute atomic E-state index is 13.5. The third-order valence-electron chi connectivity index (χ3n) is 4.56. The lowest BCUT2D eigenvalue weighted by atomic mass is 10.0. The number of benzene rings is 2. The Balaban J connectivity index is 1.55. The van der Waals surface area contributed by atoms with Crippen molar-refractivity contribution < 1.29 is 13.6 Å². The lowest BCUT2D eigenvalue weighted by Gasteiger charge is -2.18. The molecule has 3 aromatic rings. The number of halogens is 2. The Morgan fingerprint density at radius 2 is 1.74 bits per heavy atom. The molecule has 1 aliphatic rings. The summed E-state index contributed by atoms with van der Waals surface area (Å²) < 4.78 is 26.7. The van der Waals surface area contributed by atoms with Crippen LogP contribution in [0.5, 0.6) is 0 Å². The molecule has 2 heterocycles. The minimum atomic E-state index is -0.932. The minimum absolute atomic E-state index is 0.291. The smallest absolute Gasteiger partial charge is 0.322 e. The van der Waals surface area contributed by atoms with Crippen molar-refractivity contribution in [2.75, 3.05) is 11.1 Å². The highest BCUT2D eigenvalue weighted by molar-refractivity contribution is 5.94. The zero-order valence-corrected chi connectivity index (χ0v) is 14.2. The monoisotopic (exact) mass is 366 g/mol. The first-order chi connectivity index (χ1) is 13.0. The van der Waals surface area contributed by atoms with Crippen LogP contribution in [0.4, 0.5) is 25.0 Å². The summed E-state index contributed by atoms with van der Waals surface area (Å²) in [6.07, 6.45) is 3.45. The molecule has 3 N–H and O–H groups in total. The number of amides is 2. The second-order valence-electron chi connectivity index (χ2n) is 6.36. The first kappa shape index (κ1) is 17.0. The van der Waals surface area contributed by atoms with Gasteiger partial charge >= 0.3 is 6.03 Å². The number of carbonyl (C=O) groups is 1. The van der Waals surface area contributed by atoms with Gasteiger partial charge in [-0.05, 0) is 52.6 Å². The van der Waals surface area contributed by atoms with Gasteiger partial charge < -0.3 is 16.0 Å². The second kappa shape index (κ2) is 6.68. The van der Waals surface area contributed by atoms with E-state index < -0.39 is 11.6 Å². The van der Waals surface area contributed by atoms with Gasteiger partial charge in [-0.15, -0.1) is 0 Å². The number of nitrogen functional groups attached to an aromatic ring is 1. The van der Waals surface area contributed by atoms with Crippen LogP contribution in [0.1, 0.15) is 11.1 Å². The molecule has 27 heavy (non-hydrogen) atoms. The highest BCUT2D eigenvalue weighted by atomic mass is 19.2. The van der Waals surface area contributed by atoms with Crippen molar-refractivity contribution in [3.05, 3.63) is 77.6 Å². The number of fused-ring (bicyclic) bond motifs is 1. The van der Waals surface area contributed by atoms with E-state index in [2.05, 4.69) is 10.3 Å². The van der Waals surface area contributed by atoms with Crippen molar-refractivity contribution in [3.63, 3.8) is 0 Å². The summed E-state index contributed by atoms with van der Waals surface area (Å²) in [6.45, 7) is 0.963. The van der Waals surface area contributed by atoms with Gasteiger partial charge in [0.15, 0.2) is 11.6 Å². The fourth-order valence-corrected chi connectivity index (χ4v) is 3.08. The second-order valence-corrected chi connectivity index (χ2v) is 6.36. The lowest BCUT2D eigenvalue weighted by molar-refractivity contribution is 0.212. The van der Waals surface area contributed by atoms with Crippen LogP contribution in [0, 0.1) is 11.6 Å². The van der Waals surface area contributed by atoms with E-state index in [9.17, 15) is 13.6 Å². The van der Waals surface area contributed by atoms with Gasteiger partial charge in [-0.2, -0.15) is 0 Å². The summed E-state index contributed by atoms with van der Waals surface area (Å²) in [5, 5.41) is 2.80. The molecule has 0 spiro atoms. The number of hydrogen-bond acceptors (Lipinski definition) is 3. The van der Waals surface area contributed by atoms with Gasteiger partial charge in [0.2, 0.25) is 0 Å². The summed E-state index contributed by atoms with van der Waals surface area (Å²) in [5.41, 5.74) is 9.95. The topological polar surface area (TPSA) is 71.2 Å². The molecular weight excluding hydrogens is 350 g/mol. The maximum atomic E-state index is 13.5. The molecule has 5 nitrogen and oxygen atoms in total. The molecule has 1 aliphatic heterocycles. The lowest BCUT2D eigenvalue weighted by Crippen LogP contribution is -2.30. The Hall–Kier alpha value is -3.48. The normalized spacial score (nSPS) is 12.7. The first-order valence-corrected chi connectivity index (χ1v) is 8.34. The Labute approximate surface area is 154 Å². The van der Waals surface area contributed by atoms with E-state index in [0.717, 1.165) is 23.3 Å². The molecule has 0 radical (unpaired) electrons. The molecule has 0 bridgehead atoms. The molecule has 4 rings (SSSR count). The SMILES string of the molecule is Nc1ccc(-c2ccc(F)c(F)c2)cc1NC(=O)N1Cc2ccncc2C1. The fourth-order valence-electron chi connectivity index (χ4n) is 3.08. The average molecular weight is 366 g/mol. The third-order valence-corrected chi connectivity index (χ3v) is 4.56. The number of pyridine rings is 1. The average Bonchev–Trinajstić information content (AvgIpc) is 3.10. The number of carbonyl (C=O) groups excluding carboxylic acids is 1. The maximum Gasteiger partial charge on any atom is 0.322 e. The number of aromatic nitrogens is 1. The van der Waals surface area contributed by atoms with E-state index in [1.807, 2.05) is 6.07 Å². The highest BCUT2D eigenvalue weighted by Gasteiger charge is 2.23. The number of nitrogens with one attached hydrogen (secondary N) is 1. The van der Waals surface area contributed by atoms with E-state index in [0.29, 0.717) is 35.6 Å². The molecule has 0 unspecified atom stereocenters. The van der Waals surface area contributed by atoms with E-state index in [4.69, 9.17) is 5.73 Å². The number of hydrogen-bond donors (Lipinski definition) is 2. The van der Waals surface area contributed by atoms with E-state index in [1.165, 1.54) is 6.07 Å². The summed E-state index contributed by atoms with van der Waals surface area (Å²) in [7, 11) is 0. The zero-order chi connectivity index (χ0) is 19.0. The van der Waals surface area contributed by atoms with Crippen molar-refractivity contribution in [1.82, 2.24) is 9.88 Å². The zero-order valence-electron chi connectivity index (χ0n) is 14.2. The largest absolute Gasteiger partial charge is 0.397 e. The van der Waals surface area contributed by atoms with Gasteiger partial charge in [0.05, 0.1) is 11.4 Å². The van der Waals surface area contributed by atoms with Gasteiger partial charge in [-0.1, -0.05) is 12.1 Å². The summed E-state index contributed by atoms with van der Waals surface area (Å²) in [6, 6.07) is 10.2. The Bertz CT molecular complexity index is 1010. The van der Waals surface area contributed by atoms with Crippen molar-refractivity contribution >= 4 is 17.4 Å². The van der Waals surface area contributed by atoms with Crippen molar-refractivity contribution in [2.24, 2.45) is 0 Å². The van der Waals surface area contributed by atoms with Crippen LogP contribution in [0.2, 0.25) is 0 Å². The van der Waals surface area contributed by atoms with Crippen LogP contribution in [0.15, 0.2) is 54.9 Å². The Kier molecular flexibility index (Phi) is 4.19. The van der Waals surface area contributed by atoms with E-state index >= 15 is 0 Å². The van der Waals surface area contributed by atoms with Crippen molar-refractivity contribution in [1.29, 1.82) is 0 Å². The number of nitrogens with zero attached hydrogens (tertiary/aromatic N) is 2. The van der Waals surface area contributed by atoms with Crippen LogP contribution in [0.3, 0.4) is 0 Å². The van der Waals surface area contributed by atoms with Crippen LogP contribution in [0.25, 0.3) is 11.1 Å². The summed E-state index contributed by atoms with van der Waals surface area (Å²) in [4.78, 5) is 18.3. The Morgan fingerprint density at radius 3 is 2.52 bits per heavy atom. The minimum Gasteiger partial charge on any atom is -0.397 e. The molecule has 7 heteroatoms. The highest BCUT2D eigenvalue weighted by Crippen LogP contribution is 2.29. The molecule has 136 valence electrons. The van der Waals surface area contributed by atoms with Gasteiger partial charge in [0.25, 0.3) is 0 Å². The number of rotatable bonds is 2. The van der Waals surface area contributed by atoms with Crippen molar-refractivity contribution in [3.8, 4) is 11.1 Å². The molecule has 0 saturated heterocycles. The number of urea groups is 1. The van der Waals surface area contributed by atoms with Crippen molar-refractivity contribution in [2.45, 2.75) is 13.1 Å². The van der Waals surface area contributed by atoms with Gasteiger partial charge in [0, 0.05) is 25.5 Å². The molecule has 0 aliphatic carbocycles. The molecule has 0 fully saturated rings. The predicted octanol–water partition coefficient (Wildman–Crippen LogP) is 4.16. The fraction of sp³-hybridized carbons (Fsp3) is 0.100. The van der Waals surface area contributed by atoms with Gasteiger partial charge in [0.1, 0.15) is 0 Å². The number of nitrogens with two attached hydrogens (primary N) is 1. The number of anilines is 2. The first-order valence-electron chi connectivity index (χ1n) is 8.34. The van der Waals surface area contributed by atoms with Gasteiger partial charge in [-0.3, -0.25) is 4.98 Å². The standard InChI is InChI=1S/C20H16F2N4O/c21-16-3-1-12(7-17(16)22)13-2-4-18(23)19(8-13)25-20(27)26-10-14-5-6-24-9-15(14)11-26/h1-9H,10-11,23H2,(H,25,27). The summed E-state index contributed by atoms with van der Waals surface area (Å²) in [5.74, 6) is -1.84. The molecule has 0 saturated carbocycles. The van der Waals surface area contributed by atoms with Gasteiger partial charge in [-0.25, -0.2) is 13.6 Å². The van der Waals surface area contributed by atoms with Crippen LogP contribution in [-0.4, -0.2) is 15.9 Å². The Morgan fingerprint density at radius 1 is 1.00 bits per heavy atom. The molecular formula is C20H16F2N4O. The van der Waals surface area contributed by atoms with Crippen LogP contribution in [-0.2, 0) is 13.1 Å². The van der Waals surface area contributed by atoms with Crippen LogP contribution < -0.4 is 11.1 Å². The summed E-state index contributed by atoms with van der Waals surface area (Å²) >= 11 is 0.